The summed E-state index contributed by atoms with van der Waals surface area (Å²) < 4.78 is 16.3. The minimum atomic E-state index is -1.11. The first-order chi connectivity index (χ1) is 7.47. The van der Waals surface area contributed by atoms with Gasteiger partial charge in [-0.2, -0.15) is 0 Å². The quantitative estimate of drug-likeness (QED) is 0.586. The second-order valence-corrected chi connectivity index (χ2v) is 6.67. The Morgan fingerprint density at radius 3 is 1.87 bits per heavy atom. The molecule has 0 aromatic carbocycles. The lowest BCUT2D eigenvalue weighted by Crippen LogP contribution is -2.41. The van der Waals surface area contributed by atoms with Gasteiger partial charge in [0.25, 0.3) is 0 Å². The van der Waals surface area contributed by atoms with Gasteiger partial charge in [-0.05, 0) is 48.3 Å². The standard InChI is InChI=1S/C15H30/c1-7-14(5,6)15(8-2)11-9-13(3,4)10-12-15/h7-12H2,1-6H3/i7D2. The normalized spacial score (nSPS) is 28.1. The minimum absolute atomic E-state index is 0.181. The molecule has 0 N–H and O–H groups in total. The molecule has 0 radical (unpaired) electrons. The molecule has 0 amide bonds. The van der Waals surface area contributed by atoms with Crippen molar-refractivity contribution in [2.24, 2.45) is 16.2 Å². The van der Waals surface area contributed by atoms with Crippen LogP contribution in [0.2, 0.25) is 0 Å². The van der Waals surface area contributed by atoms with Crippen LogP contribution < -0.4 is 0 Å². The number of hydrogen-bond donors (Lipinski definition) is 0. The molecule has 0 atom stereocenters. The maximum Gasteiger partial charge on any atom is 0.0269 e. The maximum atomic E-state index is 8.16. The van der Waals surface area contributed by atoms with E-state index in [0.717, 1.165) is 6.42 Å². The van der Waals surface area contributed by atoms with E-state index in [-0.39, 0.29) is 10.8 Å². The maximum absolute atomic E-state index is 8.16. The Hall–Kier alpha value is 0. The Bertz CT molecular complexity index is 261. The van der Waals surface area contributed by atoms with E-state index >= 15 is 0 Å². The van der Waals surface area contributed by atoms with Crippen molar-refractivity contribution in [2.75, 3.05) is 0 Å². The van der Waals surface area contributed by atoms with Crippen LogP contribution in [0.5, 0.6) is 0 Å². The molecule has 0 aromatic rings. The van der Waals surface area contributed by atoms with Gasteiger partial charge >= 0.3 is 0 Å². The summed E-state index contributed by atoms with van der Waals surface area (Å²) in [5.74, 6) is 0. The largest absolute Gasteiger partial charge is 0.0649 e. The summed E-state index contributed by atoms with van der Waals surface area (Å²) in [6, 6.07) is 0. The molecular formula is C15H30. The fourth-order valence-electron chi connectivity index (χ4n) is 3.09. The summed E-state index contributed by atoms with van der Waals surface area (Å²) >= 11 is 0. The van der Waals surface area contributed by atoms with E-state index in [2.05, 4.69) is 34.6 Å². The summed E-state index contributed by atoms with van der Waals surface area (Å²) in [6.07, 6.45) is 4.82. The third-order valence-corrected chi connectivity index (χ3v) is 5.19. The Balaban J connectivity index is 2.99. The minimum Gasteiger partial charge on any atom is -0.0649 e. The lowest BCUT2D eigenvalue weighted by atomic mass is 9.53. The molecule has 0 aliphatic heterocycles. The first kappa shape index (κ1) is 10.2. The van der Waals surface area contributed by atoms with Gasteiger partial charge in [-0.1, -0.05) is 47.9 Å². The Kier molecular flexibility index (Phi) is 2.79. The van der Waals surface area contributed by atoms with Gasteiger partial charge in [-0.25, -0.2) is 0 Å². The van der Waals surface area contributed by atoms with Crippen molar-refractivity contribution < 1.29 is 2.74 Å². The molecule has 0 heterocycles. The molecule has 0 unspecified atom stereocenters. The van der Waals surface area contributed by atoms with E-state index in [1.54, 1.807) is 6.92 Å². The molecule has 1 aliphatic rings. The van der Waals surface area contributed by atoms with Crippen molar-refractivity contribution in [2.45, 2.75) is 80.0 Å². The summed E-state index contributed by atoms with van der Waals surface area (Å²) in [4.78, 5) is 0. The van der Waals surface area contributed by atoms with Gasteiger partial charge in [0.1, 0.15) is 0 Å². The highest BCUT2D eigenvalue weighted by atomic mass is 14.5. The Morgan fingerprint density at radius 2 is 1.53 bits per heavy atom. The lowest BCUT2D eigenvalue weighted by Gasteiger charge is -2.52. The van der Waals surface area contributed by atoms with Crippen LogP contribution in [-0.2, 0) is 0 Å². The van der Waals surface area contributed by atoms with Gasteiger partial charge in [-0.15, -0.1) is 0 Å². The molecule has 1 aliphatic carbocycles. The average molecular weight is 212 g/mol. The third-order valence-electron chi connectivity index (χ3n) is 5.19. The molecule has 1 fully saturated rings. The van der Waals surface area contributed by atoms with Crippen LogP contribution in [0.15, 0.2) is 0 Å². The fraction of sp³-hybridized carbons (Fsp3) is 1.00. The monoisotopic (exact) mass is 212 g/mol. The molecule has 0 spiro atoms. The smallest absolute Gasteiger partial charge is 0.0269 e. The zero-order valence-electron chi connectivity index (χ0n) is 13.5. The van der Waals surface area contributed by atoms with Crippen LogP contribution in [0.4, 0.5) is 0 Å². The Morgan fingerprint density at radius 1 is 1.07 bits per heavy atom. The van der Waals surface area contributed by atoms with E-state index in [9.17, 15) is 0 Å². The number of rotatable bonds is 3. The highest BCUT2D eigenvalue weighted by Gasteiger charge is 2.45. The predicted octanol–water partition coefficient (Wildman–Crippen LogP) is 5.42. The van der Waals surface area contributed by atoms with Gasteiger partial charge in [0.15, 0.2) is 0 Å². The molecule has 0 aromatic heterocycles. The van der Waals surface area contributed by atoms with Crippen molar-refractivity contribution in [3.63, 3.8) is 0 Å². The van der Waals surface area contributed by atoms with Gasteiger partial charge in [-0.3, -0.25) is 0 Å². The summed E-state index contributed by atoms with van der Waals surface area (Å²) in [7, 11) is 0. The van der Waals surface area contributed by atoms with Gasteiger partial charge < -0.3 is 0 Å². The van der Waals surface area contributed by atoms with E-state index < -0.39 is 6.37 Å². The van der Waals surface area contributed by atoms with Crippen LogP contribution in [-0.4, -0.2) is 0 Å². The molecular weight excluding hydrogens is 180 g/mol. The fourth-order valence-corrected chi connectivity index (χ4v) is 3.09. The highest BCUT2D eigenvalue weighted by molar-refractivity contribution is 4.96. The van der Waals surface area contributed by atoms with Crippen molar-refractivity contribution in [1.29, 1.82) is 0 Å². The van der Waals surface area contributed by atoms with Crippen LogP contribution in [0.1, 0.15) is 82.8 Å². The second-order valence-electron chi connectivity index (χ2n) is 6.67. The van der Waals surface area contributed by atoms with Crippen molar-refractivity contribution in [3.05, 3.63) is 0 Å². The van der Waals surface area contributed by atoms with Gasteiger partial charge in [0.05, 0.1) is 0 Å². The van der Waals surface area contributed by atoms with E-state index in [1.165, 1.54) is 25.7 Å². The highest BCUT2D eigenvalue weighted by Crippen LogP contribution is 2.56. The SMILES string of the molecule is [2H]C([2H])(C)C(C)(C)C1(CC)CCC(C)(C)CC1. The predicted molar refractivity (Wildman–Crippen MR) is 69.0 cm³/mol. The first-order valence-corrected chi connectivity index (χ1v) is 6.47. The topological polar surface area (TPSA) is 0 Å². The lowest BCUT2D eigenvalue weighted by molar-refractivity contribution is -0.0161. The zero-order chi connectivity index (χ0) is 13.5. The third kappa shape index (κ3) is 2.40. The summed E-state index contributed by atoms with van der Waals surface area (Å²) in [6.45, 7) is 13.0. The van der Waals surface area contributed by atoms with Crippen molar-refractivity contribution >= 4 is 0 Å². The van der Waals surface area contributed by atoms with Crippen molar-refractivity contribution in [3.8, 4) is 0 Å². The van der Waals surface area contributed by atoms with Gasteiger partial charge in [0.2, 0.25) is 0 Å². The first-order valence-electron chi connectivity index (χ1n) is 7.47. The molecule has 0 saturated heterocycles. The average Bonchev–Trinajstić information content (AvgIpc) is 2.16. The molecule has 0 heteroatoms. The molecule has 1 saturated carbocycles. The summed E-state index contributed by atoms with van der Waals surface area (Å²) in [5, 5.41) is 0. The van der Waals surface area contributed by atoms with E-state index in [1.807, 2.05) is 0 Å². The Labute approximate surface area is 99.7 Å². The molecule has 1 rings (SSSR count). The molecule has 0 bridgehead atoms. The second kappa shape index (κ2) is 4.11. The van der Waals surface area contributed by atoms with Crippen molar-refractivity contribution in [1.82, 2.24) is 0 Å². The van der Waals surface area contributed by atoms with E-state index in [0.29, 0.717) is 5.41 Å². The van der Waals surface area contributed by atoms with Crippen LogP contribution in [0, 0.1) is 16.2 Å². The van der Waals surface area contributed by atoms with Gasteiger partial charge in [0, 0.05) is 2.74 Å². The van der Waals surface area contributed by atoms with E-state index in [4.69, 9.17) is 2.74 Å². The van der Waals surface area contributed by atoms with Crippen LogP contribution in [0.3, 0.4) is 0 Å². The number of hydrogen-bond acceptors (Lipinski definition) is 0. The summed E-state index contributed by atoms with van der Waals surface area (Å²) in [5.41, 5.74) is 0.390. The molecule has 15 heavy (non-hydrogen) atoms. The zero-order valence-corrected chi connectivity index (χ0v) is 11.5. The molecule has 90 valence electrons. The van der Waals surface area contributed by atoms with Crippen LogP contribution >= 0.6 is 0 Å². The van der Waals surface area contributed by atoms with Crippen LogP contribution in [0.25, 0.3) is 0 Å². The molecule has 0 nitrogen and oxygen atoms in total.